The molecule has 4 atom stereocenters. The third kappa shape index (κ3) is 3.96. The van der Waals surface area contributed by atoms with Crippen LogP contribution in [0.4, 0.5) is 0 Å². The van der Waals surface area contributed by atoms with Crippen LogP contribution in [0.3, 0.4) is 0 Å². The molecule has 1 aliphatic carbocycles. The lowest BCUT2D eigenvalue weighted by Crippen LogP contribution is -2.53. The number of hydrogen-bond donors (Lipinski definition) is 2. The van der Waals surface area contributed by atoms with E-state index in [-0.39, 0.29) is 17.2 Å². The van der Waals surface area contributed by atoms with E-state index in [0.717, 1.165) is 31.2 Å². The van der Waals surface area contributed by atoms with Gasteiger partial charge in [-0.3, -0.25) is 9.00 Å². The van der Waals surface area contributed by atoms with Crippen molar-refractivity contribution < 1.29 is 9.00 Å². The summed E-state index contributed by atoms with van der Waals surface area (Å²) >= 11 is 0. The predicted octanol–water partition coefficient (Wildman–Crippen LogP) is 2.06. The summed E-state index contributed by atoms with van der Waals surface area (Å²) in [5.41, 5.74) is 6.01. The van der Waals surface area contributed by atoms with Crippen molar-refractivity contribution in [2.24, 2.45) is 5.73 Å². The zero-order valence-electron chi connectivity index (χ0n) is 13.4. The Morgan fingerprint density at radius 1 is 1.36 bits per heavy atom. The number of carbonyl (C=O) groups excluding carboxylic acids is 1. The molecule has 0 radical (unpaired) electrons. The van der Waals surface area contributed by atoms with Crippen LogP contribution in [-0.2, 0) is 21.1 Å². The van der Waals surface area contributed by atoms with Gasteiger partial charge in [-0.05, 0) is 31.7 Å². The van der Waals surface area contributed by atoms with E-state index >= 15 is 0 Å². The molecule has 4 unspecified atom stereocenters. The Labute approximate surface area is 135 Å². The van der Waals surface area contributed by atoms with Gasteiger partial charge >= 0.3 is 0 Å². The fourth-order valence-electron chi connectivity index (χ4n) is 3.00. The summed E-state index contributed by atoms with van der Waals surface area (Å²) in [6.45, 7) is 3.69. The fourth-order valence-corrected chi connectivity index (χ4v) is 4.35. The van der Waals surface area contributed by atoms with Gasteiger partial charge in [-0.1, -0.05) is 43.7 Å². The van der Waals surface area contributed by atoms with Crippen molar-refractivity contribution in [3.63, 3.8) is 0 Å². The third-order valence-electron chi connectivity index (χ3n) is 4.46. The molecule has 0 bridgehead atoms. The molecule has 0 saturated heterocycles. The molecule has 3 N–H and O–H groups in total. The molecule has 5 heteroatoms. The van der Waals surface area contributed by atoms with Gasteiger partial charge in [-0.25, -0.2) is 0 Å². The number of rotatable bonds is 5. The van der Waals surface area contributed by atoms with E-state index in [1.807, 2.05) is 37.3 Å². The van der Waals surface area contributed by atoms with Crippen LogP contribution in [0.15, 0.2) is 30.3 Å². The molecule has 1 aromatic carbocycles. The van der Waals surface area contributed by atoms with Gasteiger partial charge in [0.1, 0.15) is 5.54 Å². The number of amides is 1. The minimum atomic E-state index is -1.04. The third-order valence-corrected chi connectivity index (χ3v) is 6.20. The second-order valence-electron chi connectivity index (χ2n) is 6.20. The molecule has 4 nitrogen and oxygen atoms in total. The summed E-state index contributed by atoms with van der Waals surface area (Å²) in [4.78, 5) is 12.6. The molecule has 22 heavy (non-hydrogen) atoms. The summed E-state index contributed by atoms with van der Waals surface area (Å²) in [6, 6.07) is 9.49. The molecular formula is C17H26N2O2S. The first kappa shape index (κ1) is 17.2. The highest BCUT2D eigenvalue weighted by atomic mass is 32.2. The van der Waals surface area contributed by atoms with Gasteiger partial charge < -0.3 is 11.1 Å². The molecule has 122 valence electrons. The lowest BCUT2D eigenvalue weighted by atomic mass is 9.90. The van der Waals surface area contributed by atoms with Crippen LogP contribution in [-0.4, -0.2) is 27.2 Å². The summed E-state index contributed by atoms with van der Waals surface area (Å²) in [5.74, 6) is 0.524. The predicted molar refractivity (Wildman–Crippen MR) is 90.9 cm³/mol. The number of nitrogens with two attached hydrogens (primary N) is 1. The molecule has 0 aromatic heterocycles. The molecule has 1 aliphatic rings. The molecule has 0 aliphatic heterocycles. The smallest absolute Gasteiger partial charge is 0.244 e. The summed E-state index contributed by atoms with van der Waals surface area (Å²) in [7, 11) is -0.789. The summed E-state index contributed by atoms with van der Waals surface area (Å²) in [5, 5.41) is 3.27. The van der Waals surface area contributed by atoms with Crippen molar-refractivity contribution >= 4 is 16.7 Å². The second-order valence-corrected chi connectivity index (χ2v) is 8.20. The van der Waals surface area contributed by atoms with E-state index in [4.69, 9.17) is 5.73 Å². The molecule has 2 rings (SSSR count). The van der Waals surface area contributed by atoms with Crippen molar-refractivity contribution in [3.05, 3.63) is 35.9 Å². The van der Waals surface area contributed by atoms with Gasteiger partial charge in [-0.15, -0.1) is 0 Å². The number of nitrogens with one attached hydrogen (secondary N) is 1. The van der Waals surface area contributed by atoms with E-state index in [1.54, 1.807) is 6.92 Å². The quantitative estimate of drug-likeness (QED) is 0.871. The fraction of sp³-hybridized carbons (Fsp3) is 0.588. The van der Waals surface area contributed by atoms with Crippen molar-refractivity contribution in [1.29, 1.82) is 0 Å². The van der Waals surface area contributed by atoms with Crippen LogP contribution < -0.4 is 11.1 Å². The number of benzene rings is 1. The molecular weight excluding hydrogens is 296 g/mol. The lowest BCUT2D eigenvalue weighted by molar-refractivity contribution is -0.127. The Bertz CT molecular complexity index is 531. The minimum absolute atomic E-state index is 0.0772. The first-order chi connectivity index (χ1) is 10.4. The maximum atomic E-state index is 12.6. The first-order valence-electron chi connectivity index (χ1n) is 7.97. The Morgan fingerprint density at radius 3 is 2.68 bits per heavy atom. The summed E-state index contributed by atoms with van der Waals surface area (Å²) in [6.07, 6.45) is 3.73. The van der Waals surface area contributed by atoms with Crippen LogP contribution in [0.25, 0.3) is 0 Å². The van der Waals surface area contributed by atoms with Crippen molar-refractivity contribution in [3.8, 4) is 0 Å². The zero-order chi connectivity index (χ0) is 16.2. The average molecular weight is 322 g/mol. The van der Waals surface area contributed by atoms with E-state index in [1.165, 1.54) is 0 Å². The molecule has 1 saturated carbocycles. The first-order valence-corrected chi connectivity index (χ1v) is 9.36. The Hall–Kier alpha value is -1.20. The van der Waals surface area contributed by atoms with Gasteiger partial charge in [0.15, 0.2) is 0 Å². The van der Waals surface area contributed by atoms with Crippen molar-refractivity contribution in [1.82, 2.24) is 5.32 Å². The minimum Gasteiger partial charge on any atom is -0.351 e. The molecule has 0 heterocycles. The van der Waals surface area contributed by atoms with Gasteiger partial charge in [0.05, 0.1) is 0 Å². The van der Waals surface area contributed by atoms with Crippen molar-refractivity contribution in [2.45, 2.75) is 56.4 Å². The van der Waals surface area contributed by atoms with Crippen LogP contribution in [0.5, 0.6) is 0 Å². The molecule has 1 amide bonds. The maximum absolute atomic E-state index is 12.6. The van der Waals surface area contributed by atoms with Gasteiger partial charge in [0, 0.05) is 27.8 Å². The van der Waals surface area contributed by atoms with E-state index in [2.05, 4.69) is 5.32 Å². The topological polar surface area (TPSA) is 72.2 Å². The number of carbonyl (C=O) groups is 1. The lowest BCUT2D eigenvalue weighted by Gasteiger charge is -2.32. The summed E-state index contributed by atoms with van der Waals surface area (Å²) < 4.78 is 12.0. The second kappa shape index (κ2) is 7.38. The average Bonchev–Trinajstić information content (AvgIpc) is 2.55. The Morgan fingerprint density at radius 2 is 2.05 bits per heavy atom. The van der Waals surface area contributed by atoms with E-state index in [9.17, 15) is 9.00 Å². The normalized spacial score (nSPS) is 26.0. The highest BCUT2D eigenvalue weighted by Crippen LogP contribution is 2.24. The van der Waals surface area contributed by atoms with Gasteiger partial charge in [0.2, 0.25) is 5.91 Å². The highest BCUT2D eigenvalue weighted by molar-refractivity contribution is 7.85. The molecule has 1 aromatic rings. The molecule has 1 fully saturated rings. The highest BCUT2D eigenvalue weighted by Gasteiger charge is 2.33. The van der Waals surface area contributed by atoms with Gasteiger partial charge in [-0.2, -0.15) is 0 Å². The number of hydrogen-bond acceptors (Lipinski definition) is 3. The van der Waals surface area contributed by atoms with Crippen LogP contribution in [0.2, 0.25) is 0 Å². The van der Waals surface area contributed by atoms with Gasteiger partial charge in [0.25, 0.3) is 0 Å². The maximum Gasteiger partial charge on any atom is 0.244 e. The van der Waals surface area contributed by atoms with Crippen molar-refractivity contribution in [2.75, 3.05) is 5.75 Å². The Kier molecular flexibility index (Phi) is 5.75. The standard InChI is InChI=1S/C17H26N2O2S/c1-3-22(21)15-11-7-10-14(12-15)19-16(20)17(2,18)13-8-5-4-6-9-13/h4-6,8-9,14-15H,3,7,10-12,18H2,1-2H3,(H,19,20). The Balaban J connectivity index is 2.01. The van der Waals surface area contributed by atoms with Crippen LogP contribution in [0, 0.1) is 0 Å². The van der Waals surface area contributed by atoms with Crippen LogP contribution >= 0.6 is 0 Å². The van der Waals surface area contributed by atoms with Crippen LogP contribution in [0.1, 0.15) is 45.1 Å². The zero-order valence-corrected chi connectivity index (χ0v) is 14.2. The largest absolute Gasteiger partial charge is 0.351 e. The SMILES string of the molecule is CCS(=O)C1CCCC(NC(=O)C(C)(N)c2ccccc2)C1. The van der Waals surface area contributed by atoms with E-state index in [0.29, 0.717) is 5.75 Å². The van der Waals surface area contributed by atoms with E-state index < -0.39 is 16.3 Å². The monoisotopic (exact) mass is 322 g/mol. The molecule has 0 spiro atoms.